The van der Waals surface area contributed by atoms with Gasteiger partial charge in [-0.2, -0.15) is 0 Å². The molecule has 3 heteroatoms. The molecule has 0 aliphatic heterocycles. The second-order valence-corrected chi connectivity index (χ2v) is 4.96. The lowest BCUT2D eigenvalue weighted by molar-refractivity contribution is 0.0697. The van der Waals surface area contributed by atoms with Gasteiger partial charge in [-0.15, -0.1) is 0 Å². The van der Waals surface area contributed by atoms with Gasteiger partial charge in [-0.3, -0.25) is 0 Å². The molecule has 0 amide bonds. The first-order chi connectivity index (χ1) is 8.61. The minimum absolute atomic E-state index is 0.317. The predicted octanol–water partition coefficient (Wildman–Crippen LogP) is 4.38. The average molecular weight is 305 g/mol. The molecule has 1 N–H and O–H groups in total. The van der Waals surface area contributed by atoms with Crippen molar-refractivity contribution in [2.75, 3.05) is 0 Å². The summed E-state index contributed by atoms with van der Waals surface area (Å²) in [5, 5.41) is 9.26. The molecule has 0 fully saturated rings. The zero-order valence-electron chi connectivity index (χ0n) is 9.98. The van der Waals surface area contributed by atoms with E-state index >= 15 is 0 Å². The maximum atomic E-state index is 11.3. The summed E-state index contributed by atoms with van der Waals surface area (Å²) in [6.07, 6.45) is 0.937. The summed E-state index contributed by atoms with van der Waals surface area (Å²) in [7, 11) is 0. The highest BCUT2D eigenvalue weighted by molar-refractivity contribution is 9.10. The molecule has 0 unspecified atom stereocenters. The van der Waals surface area contributed by atoms with Crippen LogP contribution >= 0.6 is 15.9 Å². The van der Waals surface area contributed by atoms with E-state index in [1.54, 1.807) is 6.07 Å². The van der Waals surface area contributed by atoms with Crippen molar-refractivity contribution < 1.29 is 9.90 Å². The number of carbonyl (C=O) groups is 1. The molecule has 0 heterocycles. The first-order valence-corrected chi connectivity index (χ1v) is 6.53. The Balaban J connectivity index is 2.59. The summed E-state index contributed by atoms with van der Waals surface area (Å²) in [6.45, 7) is 2.08. The molecule has 0 saturated carbocycles. The van der Waals surface area contributed by atoms with Crippen molar-refractivity contribution in [3.63, 3.8) is 0 Å². The number of carboxylic acid groups (broad SMARTS) is 1. The molecule has 0 saturated heterocycles. The summed E-state index contributed by atoms with van der Waals surface area (Å²) >= 11 is 3.30. The molecule has 0 aromatic heterocycles. The van der Waals surface area contributed by atoms with Gasteiger partial charge in [0.15, 0.2) is 0 Å². The van der Waals surface area contributed by atoms with Gasteiger partial charge in [0.25, 0.3) is 0 Å². The lowest BCUT2D eigenvalue weighted by atomic mass is 9.97. The van der Waals surface area contributed by atoms with Crippen LogP contribution in [0.25, 0.3) is 11.1 Å². The highest BCUT2D eigenvalue weighted by Crippen LogP contribution is 2.27. The van der Waals surface area contributed by atoms with Gasteiger partial charge in [0.2, 0.25) is 0 Å². The average Bonchev–Trinajstić information content (AvgIpc) is 2.38. The van der Waals surface area contributed by atoms with Crippen LogP contribution in [-0.4, -0.2) is 11.1 Å². The molecule has 0 aliphatic rings. The van der Waals surface area contributed by atoms with E-state index < -0.39 is 5.97 Å². The molecule has 0 aliphatic carbocycles. The van der Waals surface area contributed by atoms with Gasteiger partial charge in [-0.1, -0.05) is 53.2 Å². The van der Waals surface area contributed by atoms with E-state index in [1.807, 2.05) is 36.4 Å². The van der Waals surface area contributed by atoms with Crippen LogP contribution in [0, 0.1) is 0 Å². The van der Waals surface area contributed by atoms with Crippen LogP contribution in [-0.2, 0) is 6.42 Å². The Hall–Kier alpha value is -1.61. The summed E-state index contributed by atoms with van der Waals surface area (Å²) in [6, 6.07) is 13.3. The van der Waals surface area contributed by atoms with Gasteiger partial charge in [0.05, 0.1) is 5.56 Å². The van der Waals surface area contributed by atoms with Crippen molar-refractivity contribution >= 4 is 21.9 Å². The number of aromatic carboxylic acids is 1. The second-order valence-electron chi connectivity index (χ2n) is 4.05. The molecule has 2 aromatic carbocycles. The normalized spacial score (nSPS) is 10.3. The maximum Gasteiger partial charge on any atom is 0.336 e. The van der Waals surface area contributed by atoms with Crippen molar-refractivity contribution in [3.05, 3.63) is 58.1 Å². The van der Waals surface area contributed by atoms with Crippen LogP contribution in [0.15, 0.2) is 46.9 Å². The Labute approximate surface area is 114 Å². The first kappa shape index (κ1) is 12.8. The molecule has 0 spiro atoms. The Morgan fingerprint density at radius 1 is 1.22 bits per heavy atom. The fraction of sp³-hybridized carbons (Fsp3) is 0.133. The monoisotopic (exact) mass is 304 g/mol. The third-order valence-corrected chi connectivity index (χ3v) is 3.35. The van der Waals surface area contributed by atoms with Gasteiger partial charge in [0, 0.05) is 4.47 Å². The van der Waals surface area contributed by atoms with Crippen LogP contribution in [0.4, 0.5) is 0 Å². The van der Waals surface area contributed by atoms with E-state index in [1.165, 1.54) is 5.56 Å². The quantitative estimate of drug-likeness (QED) is 0.914. The van der Waals surface area contributed by atoms with E-state index in [9.17, 15) is 9.90 Å². The Bertz CT molecular complexity index is 591. The molecule has 0 atom stereocenters. The summed E-state index contributed by atoms with van der Waals surface area (Å²) in [5.41, 5.74) is 3.21. The fourth-order valence-electron chi connectivity index (χ4n) is 1.90. The standard InChI is InChI=1S/C15H13BrO2/c1-2-10-4-3-5-11(8-10)13-7-6-12(16)9-14(13)15(17)18/h3-9H,2H2,1H3,(H,17,18). The van der Waals surface area contributed by atoms with Gasteiger partial charge >= 0.3 is 5.97 Å². The minimum Gasteiger partial charge on any atom is -0.478 e. The molecule has 2 rings (SSSR count). The number of halogens is 1. The lowest BCUT2D eigenvalue weighted by Gasteiger charge is -2.08. The van der Waals surface area contributed by atoms with Crippen molar-refractivity contribution in [2.24, 2.45) is 0 Å². The zero-order valence-corrected chi connectivity index (χ0v) is 11.6. The van der Waals surface area contributed by atoms with Crippen LogP contribution in [0.2, 0.25) is 0 Å². The highest BCUT2D eigenvalue weighted by Gasteiger charge is 2.12. The van der Waals surface area contributed by atoms with Crippen LogP contribution in [0.5, 0.6) is 0 Å². The SMILES string of the molecule is CCc1cccc(-c2ccc(Br)cc2C(=O)O)c1. The molecule has 0 bridgehead atoms. The molecule has 2 nitrogen and oxygen atoms in total. The van der Waals surface area contributed by atoms with E-state index in [2.05, 4.69) is 22.9 Å². The molecule has 0 radical (unpaired) electrons. The minimum atomic E-state index is -0.909. The Morgan fingerprint density at radius 3 is 2.67 bits per heavy atom. The molecule has 18 heavy (non-hydrogen) atoms. The van der Waals surface area contributed by atoms with Crippen molar-refractivity contribution in [2.45, 2.75) is 13.3 Å². The number of benzene rings is 2. The molecule has 2 aromatic rings. The first-order valence-electron chi connectivity index (χ1n) is 5.74. The number of hydrogen-bond donors (Lipinski definition) is 1. The van der Waals surface area contributed by atoms with Gasteiger partial charge in [-0.05, 0) is 35.2 Å². The van der Waals surface area contributed by atoms with E-state index in [0.29, 0.717) is 5.56 Å². The van der Waals surface area contributed by atoms with E-state index in [0.717, 1.165) is 22.0 Å². The van der Waals surface area contributed by atoms with Crippen LogP contribution in [0.3, 0.4) is 0 Å². The van der Waals surface area contributed by atoms with Crippen LogP contribution in [0.1, 0.15) is 22.8 Å². The predicted molar refractivity (Wildman–Crippen MR) is 75.9 cm³/mol. The summed E-state index contributed by atoms with van der Waals surface area (Å²) in [4.78, 5) is 11.3. The fourth-order valence-corrected chi connectivity index (χ4v) is 2.27. The van der Waals surface area contributed by atoms with Crippen molar-refractivity contribution in [1.29, 1.82) is 0 Å². The molecule has 92 valence electrons. The number of hydrogen-bond acceptors (Lipinski definition) is 1. The second kappa shape index (κ2) is 5.36. The summed E-state index contributed by atoms with van der Waals surface area (Å²) in [5.74, 6) is -0.909. The summed E-state index contributed by atoms with van der Waals surface area (Å²) < 4.78 is 0.773. The molecular formula is C15H13BrO2. The van der Waals surface area contributed by atoms with Crippen molar-refractivity contribution in [3.8, 4) is 11.1 Å². The van der Waals surface area contributed by atoms with E-state index in [-0.39, 0.29) is 0 Å². The smallest absolute Gasteiger partial charge is 0.336 e. The van der Waals surface area contributed by atoms with Gasteiger partial charge in [-0.25, -0.2) is 4.79 Å². The number of carboxylic acids is 1. The maximum absolute atomic E-state index is 11.3. The van der Waals surface area contributed by atoms with Gasteiger partial charge in [0.1, 0.15) is 0 Å². The third kappa shape index (κ3) is 2.62. The topological polar surface area (TPSA) is 37.3 Å². The zero-order chi connectivity index (χ0) is 13.1. The van der Waals surface area contributed by atoms with Crippen molar-refractivity contribution in [1.82, 2.24) is 0 Å². The number of rotatable bonds is 3. The third-order valence-electron chi connectivity index (χ3n) is 2.86. The van der Waals surface area contributed by atoms with Crippen LogP contribution < -0.4 is 0 Å². The molecular weight excluding hydrogens is 292 g/mol. The Kier molecular flexibility index (Phi) is 3.82. The highest BCUT2D eigenvalue weighted by atomic mass is 79.9. The Morgan fingerprint density at radius 2 is 2.00 bits per heavy atom. The van der Waals surface area contributed by atoms with E-state index in [4.69, 9.17) is 0 Å². The lowest BCUT2D eigenvalue weighted by Crippen LogP contribution is -1.99. The van der Waals surface area contributed by atoms with Gasteiger partial charge < -0.3 is 5.11 Å². The number of aryl methyl sites for hydroxylation is 1. The largest absolute Gasteiger partial charge is 0.478 e.